The lowest BCUT2D eigenvalue weighted by Crippen LogP contribution is -2.30. The van der Waals surface area contributed by atoms with Crippen LogP contribution in [0.15, 0.2) is 58.9 Å². The van der Waals surface area contributed by atoms with Crippen molar-refractivity contribution >= 4 is 45.9 Å². The van der Waals surface area contributed by atoms with E-state index < -0.39 is 11.3 Å². The van der Waals surface area contributed by atoms with Gasteiger partial charge in [0.1, 0.15) is 10.8 Å². The summed E-state index contributed by atoms with van der Waals surface area (Å²) >= 11 is 3.38. The van der Waals surface area contributed by atoms with Gasteiger partial charge in [-0.25, -0.2) is 4.98 Å². The summed E-state index contributed by atoms with van der Waals surface area (Å²) in [6, 6.07) is 14.3. The van der Waals surface area contributed by atoms with Gasteiger partial charge in [-0.3, -0.25) is 9.59 Å². The van der Waals surface area contributed by atoms with E-state index >= 15 is 0 Å². The second-order valence-corrected chi connectivity index (χ2v) is 14.1. The minimum atomic E-state index is -0.741. The van der Waals surface area contributed by atoms with Crippen LogP contribution in [0.3, 0.4) is 0 Å². The molecule has 2 aromatic heterocycles. The maximum atomic E-state index is 13.0. The molecule has 9 heteroatoms. The molecule has 0 saturated heterocycles. The molecule has 0 bridgehead atoms. The molecule has 1 amide bonds. The van der Waals surface area contributed by atoms with E-state index in [2.05, 4.69) is 54.6 Å². The third kappa shape index (κ3) is 7.06. The van der Waals surface area contributed by atoms with E-state index in [-0.39, 0.29) is 17.3 Å². The van der Waals surface area contributed by atoms with Crippen LogP contribution < -0.4 is 10.5 Å². The number of ether oxygens (including phenoxy) is 2. The highest BCUT2D eigenvalue weighted by molar-refractivity contribution is 8.00. The molecule has 0 saturated carbocycles. The number of fused-ring (bicyclic) bond motifs is 1. The number of hydrogen-bond donors (Lipinski definition) is 1. The van der Waals surface area contributed by atoms with Crippen molar-refractivity contribution in [2.24, 2.45) is 11.1 Å². The molecule has 0 aliphatic heterocycles. The van der Waals surface area contributed by atoms with Crippen molar-refractivity contribution in [1.82, 2.24) is 9.55 Å². The Morgan fingerprint density at radius 2 is 1.80 bits per heavy atom. The molecule has 2 aromatic carbocycles. The third-order valence-electron chi connectivity index (χ3n) is 6.29. The minimum Gasteiger partial charge on any atom is -0.484 e. The molecule has 0 aliphatic rings. The molecular formula is C31H37N3O4S2. The first kappa shape index (κ1) is 29.7. The number of benzene rings is 2. The number of nitrogens with two attached hydrogens (primary N) is 1. The average Bonchev–Trinajstić information content (AvgIpc) is 3.51. The normalized spacial score (nSPS) is 12.1. The largest absolute Gasteiger partial charge is 0.484 e. The Hall–Kier alpha value is -3.30. The molecule has 2 heterocycles. The summed E-state index contributed by atoms with van der Waals surface area (Å²) in [5, 5.41) is 3.97. The lowest BCUT2D eigenvalue weighted by Gasteiger charge is -2.26. The topological polar surface area (TPSA) is 96.4 Å². The number of carbonyl (C=O) groups excluding carboxylic acids is 2. The SMILES string of the molecule is CCOC(=O)C(C)(C)Cc1c(SC(C)(C)C)c2cc(OCC(N)=O)ccc2n1Cc1ccc(-c2nccs2)cc1. The molecule has 0 radical (unpaired) electrons. The van der Waals surface area contributed by atoms with Crippen LogP contribution in [-0.4, -0.2) is 39.4 Å². The Labute approximate surface area is 244 Å². The molecule has 0 unspecified atom stereocenters. The van der Waals surface area contributed by atoms with Gasteiger partial charge in [0, 0.05) is 56.3 Å². The lowest BCUT2D eigenvalue weighted by atomic mass is 9.87. The van der Waals surface area contributed by atoms with Crippen LogP contribution in [-0.2, 0) is 27.3 Å². The quantitative estimate of drug-likeness (QED) is 0.157. The third-order valence-corrected chi connectivity index (χ3v) is 8.39. The summed E-state index contributed by atoms with van der Waals surface area (Å²) in [4.78, 5) is 29.9. The van der Waals surface area contributed by atoms with E-state index in [4.69, 9.17) is 15.2 Å². The van der Waals surface area contributed by atoms with E-state index in [1.54, 1.807) is 23.1 Å². The van der Waals surface area contributed by atoms with E-state index in [0.29, 0.717) is 25.3 Å². The lowest BCUT2D eigenvalue weighted by molar-refractivity contribution is -0.153. The number of aromatic nitrogens is 2. The maximum Gasteiger partial charge on any atom is 0.311 e. The fraction of sp³-hybridized carbons (Fsp3) is 0.387. The minimum absolute atomic E-state index is 0.0959. The van der Waals surface area contributed by atoms with Crippen molar-refractivity contribution < 1.29 is 19.1 Å². The van der Waals surface area contributed by atoms with Crippen molar-refractivity contribution in [2.75, 3.05) is 13.2 Å². The van der Waals surface area contributed by atoms with Gasteiger partial charge < -0.3 is 19.8 Å². The smallest absolute Gasteiger partial charge is 0.311 e. The Kier molecular flexibility index (Phi) is 8.95. The molecule has 4 aromatic rings. The average molecular weight is 580 g/mol. The number of hydrogen-bond acceptors (Lipinski definition) is 7. The summed E-state index contributed by atoms with van der Waals surface area (Å²) in [6.07, 6.45) is 2.31. The van der Waals surface area contributed by atoms with Crippen LogP contribution in [0.5, 0.6) is 5.75 Å². The summed E-state index contributed by atoms with van der Waals surface area (Å²) in [6.45, 7) is 13.0. The van der Waals surface area contributed by atoms with Crippen LogP contribution in [0.25, 0.3) is 21.5 Å². The monoisotopic (exact) mass is 579 g/mol. The predicted molar refractivity (Wildman–Crippen MR) is 163 cm³/mol. The van der Waals surface area contributed by atoms with Gasteiger partial charge in [-0.2, -0.15) is 0 Å². The number of thiazole rings is 1. The predicted octanol–water partition coefficient (Wildman–Crippen LogP) is 6.70. The second-order valence-electron chi connectivity index (χ2n) is 11.3. The number of esters is 1. The molecule has 0 atom stereocenters. The highest BCUT2D eigenvalue weighted by Gasteiger charge is 2.34. The Morgan fingerprint density at radius 1 is 1.07 bits per heavy atom. The molecule has 2 N–H and O–H groups in total. The number of rotatable bonds is 11. The number of nitrogens with zero attached hydrogens (tertiary/aromatic N) is 2. The highest BCUT2D eigenvalue weighted by atomic mass is 32.2. The van der Waals surface area contributed by atoms with Crippen molar-refractivity contribution in [3.05, 3.63) is 65.3 Å². The fourth-order valence-corrected chi connectivity index (χ4v) is 6.33. The van der Waals surface area contributed by atoms with Crippen LogP contribution in [0, 0.1) is 5.41 Å². The van der Waals surface area contributed by atoms with Gasteiger partial charge in [-0.1, -0.05) is 45.0 Å². The second kappa shape index (κ2) is 12.1. The first-order chi connectivity index (χ1) is 18.9. The first-order valence-corrected chi connectivity index (χ1v) is 15.0. The van der Waals surface area contributed by atoms with Gasteiger partial charge in [0.05, 0.1) is 12.0 Å². The number of carbonyl (C=O) groups is 2. The molecule has 0 fully saturated rings. The van der Waals surface area contributed by atoms with Crippen LogP contribution >= 0.6 is 23.1 Å². The summed E-state index contributed by atoms with van der Waals surface area (Å²) in [5.41, 5.74) is 8.88. The van der Waals surface area contributed by atoms with Crippen LogP contribution in [0.1, 0.15) is 52.8 Å². The Balaban J connectivity index is 1.85. The van der Waals surface area contributed by atoms with Gasteiger partial charge in [-0.15, -0.1) is 23.1 Å². The highest BCUT2D eigenvalue weighted by Crippen LogP contribution is 2.44. The van der Waals surface area contributed by atoms with Crippen LogP contribution in [0.2, 0.25) is 0 Å². The molecule has 0 aliphatic carbocycles. The zero-order chi connectivity index (χ0) is 29.1. The van der Waals surface area contributed by atoms with Gasteiger partial charge in [0.25, 0.3) is 5.91 Å². The van der Waals surface area contributed by atoms with Crippen LogP contribution in [0.4, 0.5) is 0 Å². The Bertz CT molecular complexity index is 1480. The van der Waals surface area contributed by atoms with E-state index in [0.717, 1.165) is 37.6 Å². The summed E-state index contributed by atoms with van der Waals surface area (Å²) < 4.78 is 13.3. The van der Waals surface area contributed by atoms with Gasteiger partial charge in [0.15, 0.2) is 6.61 Å². The summed E-state index contributed by atoms with van der Waals surface area (Å²) in [5.74, 6) is -0.181. The molecule has 0 spiro atoms. The molecular weight excluding hydrogens is 542 g/mol. The fourth-order valence-electron chi connectivity index (χ4n) is 4.50. The Morgan fingerprint density at radius 3 is 2.40 bits per heavy atom. The number of primary amides is 1. The van der Waals surface area contributed by atoms with Gasteiger partial charge in [-0.05, 0) is 44.5 Å². The zero-order valence-electron chi connectivity index (χ0n) is 23.9. The number of amides is 1. The van der Waals surface area contributed by atoms with E-state index in [1.165, 1.54) is 0 Å². The standard InChI is InChI=1S/C31H37N3O4S2/c1-7-37-29(36)31(5,6)17-25-27(40-30(2,3)4)23-16-22(38-19-26(32)35)12-13-24(23)34(25)18-20-8-10-21(11-9-20)28-33-14-15-39-28/h8-16H,7,17-19H2,1-6H3,(H2,32,35). The van der Waals surface area contributed by atoms with E-state index in [9.17, 15) is 9.59 Å². The molecule has 212 valence electrons. The van der Waals surface area contributed by atoms with Crippen molar-refractivity contribution in [3.8, 4) is 16.3 Å². The summed E-state index contributed by atoms with van der Waals surface area (Å²) in [7, 11) is 0. The van der Waals surface area contributed by atoms with Crippen molar-refractivity contribution in [2.45, 2.75) is 64.2 Å². The molecule has 40 heavy (non-hydrogen) atoms. The van der Waals surface area contributed by atoms with Crippen molar-refractivity contribution in [3.63, 3.8) is 0 Å². The molecule has 4 rings (SSSR count). The van der Waals surface area contributed by atoms with E-state index in [1.807, 2.05) is 50.5 Å². The first-order valence-electron chi connectivity index (χ1n) is 13.3. The molecule has 7 nitrogen and oxygen atoms in total. The number of thioether (sulfide) groups is 1. The van der Waals surface area contributed by atoms with Gasteiger partial charge in [0.2, 0.25) is 0 Å². The zero-order valence-corrected chi connectivity index (χ0v) is 25.6. The van der Waals surface area contributed by atoms with Gasteiger partial charge >= 0.3 is 5.97 Å². The van der Waals surface area contributed by atoms with Crippen molar-refractivity contribution in [1.29, 1.82) is 0 Å². The maximum absolute atomic E-state index is 13.0.